The summed E-state index contributed by atoms with van der Waals surface area (Å²) in [6.07, 6.45) is 5.45. The van der Waals surface area contributed by atoms with E-state index in [9.17, 15) is 0 Å². The van der Waals surface area contributed by atoms with Crippen molar-refractivity contribution >= 4 is 26.8 Å². The molecular weight excluding hydrogens is 316 g/mol. The van der Waals surface area contributed by atoms with Crippen molar-refractivity contribution in [3.05, 3.63) is 40.5 Å². The molecule has 0 unspecified atom stereocenters. The first-order valence-electron chi connectivity index (χ1n) is 7.02. The van der Waals surface area contributed by atoms with Crippen LogP contribution in [0.3, 0.4) is 0 Å². The molecule has 1 aromatic carbocycles. The van der Waals surface area contributed by atoms with Crippen LogP contribution in [-0.2, 0) is 11.3 Å². The summed E-state index contributed by atoms with van der Waals surface area (Å²) in [4.78, 5) is 4.51. The van der Waals surface area contributed by atoms with Gasteiger partial charge in [-0.25, -0.2) is 0 Å². The summed E-state index contributed by atoms with van der Waals surface area (Å²) >= 11 is 3.58. The molecular formula is C16H19BrN2O. The summed E-state index contributed by atoms with van der Waals surface area (Å²) < 4.78 is 6.73. The fraction of sp³-hybridized carbons (Fsp3) is 0.438. The second-order valence-electron chi connectivity index (χ2n) is 5.45. The lowest BCUT2D eigenvalue weighted by Gasteiger charge is -2.40. The van der Waals surface area contributed by atoms with Crippen LogP contribution in [0.4, 0.5) is 0 Å². The molecule has 0 spiro atoms. The number of halogens is 1. The first kappa shape index (κ1) is 14.0. The normalized spacial score (nSPS) is 17.1. The average molecular weight is 335 g/mol. The fourth-order valence-corrected chi connectivity index (χ4v) is 3.24. The highest BCUT2D eigenvalue weighted by molar-refractivity contribution is 9.10. The van der Waals surface area contributed by atoms with Crippen LogP contribution in [0, 0.1) is 0 Å². The van der Waals surface area contributed by atoms with E-state index in [1.807, 2.05) is 19.4 Å². The highest BCUT2D eigenvalue weighted by Crippen LogP contribution is 2.34. The Morgan fingerprint density at radius 2 is 2.20 bits per heavy atom. The number of hydrogen-bond donors (Lipinski definition) is 1. The van der Waals surface area contributed by atoms with E-state index in [1.54, 1.807) is 0 Å². The number of pyridine rings is 1. The van der Waals surface area contributed by atoms with Gasteiger partial charge in [0.05, 0.1) is 11.1 Å². The van der Waals surface area contributed by atoms with Crippen molar-refractivity contribution in [3.8, 4) is 0 Å². The second kappa shape index (κ2) is 5.80. The molecule has 1 fully saturated rings. The van der Waals surface area contributed by atoms with Gasteiger partial charge in [0.25, 0.3) is 0 Å². The van der Waals surface area contributed by atoms with E-state index < -0.39 is 0 Å². The van der Waals surface area contributed by atoms with E-state index >= 15 is 0 Å². The van der Waals surface area contributed by atoms with E-state index in [1.165, 1.54) is 12.0 Å². The number of nitrogens with zero attached hydrogens (tertiary/aromatic N) is 1. The number of benzene rings is 1. The maximum atomic E-state index is 5.63. The summed E-state index contributed by atoms with van der Waals surface area (Å²) in [6.45, 7) is 1.74. The van der Waals surface area contributed by atoms with Crippen LogP contribution in [-0.4, -0.2) is 24.2 Å². The van der Waals surface area contributed by atoms with E-state index in [2.05, 4.69) is 44.4 Å². The minimum atomic E-state index is 0.0681. The third-order valence-corrected chi connectivity index (χ3v) is 4.95. The smallest absolute Gasteiger partial charge is 0.0802 e. The number of aromatic nitrogens is 1. The standard InChI is InChI=1S/C16H19BrN2O/c1-20-16(7-3-8-16)11-18-10-12-5-6-14(17)13-4-2-9-19-15(12)13/h2,4-6,9,18H,3,7-8,10-11H2,1H3. The highest BCUT2D eigenvalue weighted by atomic mass is 79.9. The molecule has 1 aliphatic rings. The molecule has 1 heterocycles. The Hall–Kier alpha value is -0.970. The topological polar surface area (TPSA) is 34.1 Å². The molecule has 4 heteroatoms. The average Bonchev–Trinajstić information content (AvgIpc) is 2.44. The third-order valence-electron chi connectivity index (χ3n) is 4.26. The van der Waals surface area contributed by atoms with Crippen LogP contribution in [0.1, 0.15) is 24.8 Å². The van der Waals surface area contributed by atoms with Crippen LogP contribution in [0.15, 0.2) is 34.9 Å². The minimum absolute atomic E-state index is 0.0681. The highest BCUT2D eigenvalue weighted by Gasteiger charge is 2.36. The largest absolute Gasteiger partial charge is 0.377 e. The quantitative estimate of drug-likeness (QED) is 0.906. The van der Waals surface area contributed by atoms with Gasteiger partial charge in [0.2, 0.25) is 0 Å². The van der Waals surface area contributed by atoms with Gasteiger partial charge in [-0.3, -0.25) is 4.98 Å². The van der Waals surface area contributed by atoms with Gasteiger partial charge < -0.3 is 10.1 Å². The third kappa shape index (κ3) is 2.60. The van der Waals surface area contributed by atoms with Gasteiger partial charge >= 0.3 is 0 Å². The molecule has 0 bridgehead atoms. The molecule has 0 aliphatic heterocycles. The molecule has 3 rings (SSSR count). The maximum absolute atomic E-state index is 5.63. The Bertz CT molecular complexity index is 605. The predicted molar refractivity (Wildman–Crippen MR) is 84.7 cm³/mol. The second-order valence-corrected chi connectivity index (χ2v) is 6.30. The summed E-state index contributed by atoms with van der Waals surface area (Å²) in [5, 5.41) is 4.69. The Labute approximate surface area is 127 Å². The minimum Gasteiger partial charge on any atom is -0.377 e. The molecule has 0 radical (unpaired) electrons. The van der Waals surface area contributed by atoms with Crippen molar-refractivity contribution in [2.24, 2.45) is 0 Å². The Morgan fingerprint density at radius 1 is 1.35 bits per heavy atom. The van der Waals surface area contributed by atoms with Crippen molar-refractivity contribution in [2.75, 3.05) is 13.7 Å². The first-order chi connectivity index (χ1) is 9.74. The van der Waals surface area contributed by atoms with E-state index in [0.717, 1.165) is 41.3 Å². The van der Waals surface area contributed by atoms with Crippen molar-refractivity contribution < 1.29 is 4.74 Å². The van der Waals surface area contributed by atoms with E-state index in [4.69, 9.17) is 4.74 Å². The Balaban J connectivity index is 1.73. The van der Waals surface area contributed by atoms with Gasteiger partial charge in [0, 0.05) is 36.3 Å². The number of fused-ring (bicyclic) bond motifs is 1. The summed E-state index contributed by atoms with van der Waals surface area (Å²) in [5.41, 5.74) is 2.36. The molecule has 20 heavy (non-hydrogen) atoms. The first-order valence-corrected chi connectivity index (χ1v) is 7.81. The SMILES string of the molecule is COC1(CNCc2ccc(Br)c3cccnc23)CCC1. The van der Waals surface area contributed by atoms with Gasteiger partial charge in [-0.2, -0.15) is 0 Å². The summed E-state index contributed by atoms with van der Waals surface area (Å²) in [6, 6.07) is 8.29. The number of rotatable bonds is 5. The van der Waals surface area contributed by atoms with Crippen LogP contribution in [0.2, 0.25) is 0 Å². The van der Waals surface area contributed by atoms with Crippen molar-refractivity contribution in [2.45, 2.75) is 31.4 Å². The zero-order valence-corrected chi connectivity index (χ0v) is 13.2. The lowest BCUT2D eigenvalue weighted by Crippen LogP contribution is -2.47. The fourth-order valence-electron chi connectivity index (χ4n) is 2.79. The van der Waals surface area contributed by atoms with Crippen molar-refractivity contribution in [3.63, 3.8) is 0 Å². The molecule has 1 N–H and O–H groups in total. The molecule has 0 amide bonds. The zero-order chi connectivity index (χ0) is 14.0. The number of nitrogens with one attached hydrogen (secondary N) is 1. The molecule has 0 saturated heterocycles. The van der Waals surface area contributed by atoms with Gasteiger partial charge in [0.1, 0.15) is 0 Å². The van der Waals surface area contributed by atoms with Crippen LogP contribution < -0.4 is 5.32 Å². The molecule has 1 aromatic heterocycles. The maximum Gasteiger partial charge on any atom is 0.0802 e. The van der Waals surface area contributed by atoms with E-state index in [0.29, 0.717) is 0 Å². The van der Waals surface area contributed by atoms with Crippen LogP contribution in [0.25, 0.3) is 10.9 Å². The van der Waals surface area contributed by atoms with E-state index in [-0.39, 0.29) is 5.60 Å². The zero-order valence-electron chi connectivity index (χ0n) is 11.7. The molecule has 3 nitrogen and oxygen atoms in total. The molecule has 1 saturated carbocycles. The van der Waals surface area contributed by atoms with Crippen molar-refractivity contribution in [1.29, 1.82) is 0 Å². The molecule has 2 aromatic rings. The van der Waals surface area contributed by atoms with Gasteiger partial charge in [-0.15, -0.1) is 0 Å². The Morgan fingerprint density at radius 3 is 2.90 bits per heavy atom. The number of methoxy groups -OCH3 is 1. The van der Waals surface area contributed by atoms with Gasteiger partial charge in [0.15, 0.2) is 0 Å². The molecule has 0 atom stereocenters. The number of ether oxygens (including phenoxy) is 1. The van der Waals surface area contributed by atoms with Gasteiger partial charge in [-0.05, 0) is 37.0 Å². The number of hydrogen-bond acceptors (Lipinski definition) is 3. The molecule has 1 aliphatic carbocycles. The lowest BCUT2D eigenvalue weighted by atomic mass is 9.80. The van der Waals surface area contributed by atoms with Crippen molar-refractivity contribution in [1.82, 2.24) is 10.3 Å². The summed E-state index contributed by atoms with van der Waals surface area (Å²) in [7, 11) is 1.82. The van der Waals surface area contributed by atoms with Gasteiger partial charge in [-0.1, -0.05) is 28.1 Å². The summed E-state index contributed by atoms with van der Waals surface area (Å²) in [5.74, 6) is 0. The van der Waals surface area contributed by atoms with Crippen LogP contribution in [0.5, 0.6) is 0 Å². The molecule has 106 valence electrons. The Kier molecular flexibility index (Phi) is 4.06. The monoisotopic (exact) mass is 334 g/mol. The predicted octanol–water partition coefficient (Wildman–Crippen LogP) is 3.66. The lowest BCUT2D eigenvalue weighted by molar-refractivity contribution is -0.0695. The van der Waals surface area contributed by atoms with Crippen LogP contribution >= 0.6 is 15.9 Å².